The molecule has 0 spiro atoms. The van der Waals surface area contributed by atoms with E-state index in [1.54, 1.807) is 24.3 Å². The first-order valence-electron chi connectivity index (χ1n) is 6.80. The highest BCUT2D eigenvalue weighted by molar-refractivity contribution is 9.11. The van der Waals surface area contributed by atoms with Gasteiger partial charge in [-0.15, -0.1) is 0 Å². The third-order valence-corrected chi connectivity index (χ3v) is 3.69. The van der Waals surface area contributed by atoms with Gasteiger partial charge in [-0.3, -0.25) is 4.79 Å². The fourth-order valence-electron chi connectivity index (χ4n) is 1.47. The number of allylic oxidation sites excluding steroid dienone is 11. The van der Waals surface area contributed by atoms with Crippen molar-refractivity contribution in [3.63, 3.8) is 0 Å². The second kappa shape index (κ2) is 10.6. The SMILES string of the molecule is C=C(/C=C(Br)\C=C/C)C(=O)C(/C=C\C(Cl)=C/C)=C(/C)CC. The normalized spacial score (nSPS) is 14.8. The smallest absolute Gasteiger partial charge is 0.192 e. The van der Waals surface area contributed by atoms with Crippen molar-refractivity contribution >= 4 is 33.3 Å². The second-order valence-corrected chi connectivity index (χ2v) is 5.79. The lowest BCUT2D eigenvalue weighted by atomic mass is 9.97. The van der Waals surface area contributed by atoms with E-state index in [-0.39, 0.29) is 5.78 Å². The van der Waals surface area contributed by atoms with E-state index in [9.17, 15) is 4.79 Å². The van der Waals surface area contributed by atoms with Gasteiger partial charge in [-0.2, -0.15) is 0 Å². The van der Waals surface area contributed by atoms with Gasteiger partial charge in [0.25, 0.3) is 0 Å². The maximum atomic E-state index is 12.5. The third-order valence-electron chi connectivity index (χ3n) is 2.85. The molecule has 0 atom stereocenters. The van der Waals surface area contributed by atoms with Crippen molar-refractivity contribution in [1.82, 2.24) is 0 Å². The summed E-state index contributed by atoms with van der Waals surface area (Å²) in [6.45, 7) is 11.6. The Hall–Kier alpha value is -1.12. The molecule has 0 radical (unpaired) electrons. The average Bonchev–Trinajstić information content (AvgIpc) is 2.46. The molecule has 0 bridgehead atoms. The van der Waals surface area contributed by atoms with Gasteiger partial charge in [-0.1, -0.05) is 64.8 Å². The van der Waals surface area contributed by atoms with Crippen LogP contribution in [0, 0.1) is 0 Å². The number of rotatable bonds is 7. The van der Waals surface area contributed by atoms with Crippen molar-refractivity contribution in [2.45, 2.75) is 34.1 Å². The van der Waals surface area contributed by atoms with Crippen molar-refractivity contribution in [3.05, 3.63) is 69.3 Å². The van der Waals surface area contributed by atoms with Crippen LogP contribution in [0.2, 0.25) is 0 Å². The number of halogens is 2. The van der Waals surface area contributed by atoms with Crippen LogP contribution < -0.4 is 0 Å². The lowest BCUT2D eigenvalue weighted by molar-refractivity contribution is -0.111. The van der Waals surface area contributed by atoms with Crippen LogP contribution in [0.1, 0.15) is 34.1 Å². The summed E-state index contributed by atoms with van der Waals surface area (Å²) in [5.74, 6) is -0.0902. The van der Waals surface area contributed by atoms with E-state index in [1.807, 2.05) is 39.8 Å². The summed E-state index contributed by atoms with van der Waals surface area (Å²) in [4.78, 5) is 12.5. The highest BCUT2D eigenvalue weighted by Gasteiger charge is 2.12. The molecule has 1 nitrogen and oxygen atoms in total. The van der Waals surface area contributed by atoms with Crippen LogP contribution in [0.4, 0.5) is 0 Å². The zero-order valence-corrected chi connectivity index (χ0v) is 15.4. The molecule has 114 valence electrons. The zero-order valence-electron chi connectivity index (χ0n) is 13.0. The summed E-state index contributed by atoms with van der Waals surface area (Å²) in [6, 6.07) is 0. The molecule has 0 unspecified atom stereocenters. The maximum Gasteiger partial charge on any atom is 0.192 e. The van der Waals surface area contributed by atoms with Crippen molar-refractivity contribution in [2.24, 2.45) is 0 Å². The first-order chi connectivity index (χ1) is 9.87. The largest absolute Gasteiger partial charge is 0.289 e. The summed E-state index contributed by atoms with van der Waals surface area (Å²) in [7, 11) is 0. The van der Waals surface area contributed by atoms with E-state index >= 15 is 0 Å². The Morgan fingerprint density at radius 2 is 1.86 bits per heavy atom. The lowest BCUT2D eigenvalue weighted by Crippen LogP contribution is -2.05. The van der Waals surface area contributed by atoms with Gasteiger partial charge >= 0.3 is 0 Å². The lowest BCUT2D eigenvalue weighted by Gasteiger charge is -2.07. The molecule has 21 heavy (non-hydrogen) atoms. The molecule has 0 aromatic heterocycles. The monoisotopic (exact) mass is 368 g/mol. The Bertz CT molecular complexity index is 546. The van der Waals surface area contributed by atoms with Gasteiger partial charge < -0.3 is 0 Å². The highest BCUT2D eigenvalue weighted by Crippen LogP contribution is 2.19. The van der Waals surface area contributed by atoms with E-state index in [0.29, 0.717) is 16.2 Å². The van der Waals surface area contributed by atoms with Crippen LogP contribution in [0.25, 0.3) is 0 Å². The van der Waals surface area contributed by atoms with Gasteiger partial charge in [0, 0.05) is 20.7 Å². The van der Waals surface area contributed by atoms with Gasteiger partial charge in [-0.05, 0) is 45.4 Å². The summed E-state index contributed by atoms with van der Waals surface area (Å²) in [6.07, 6.45) is 11.5. The minimum Gasteiger partial charge on any atom is -0.289 e. The molecule has 0 fully saturated rings. The molecule has 0 aliphatic carbocycles. The zero-order chi connectivity index (χ0) is 16.4. The first-order valence-corrected chi connectivity index (χ1v) is 7.97. The number of ketones is 1. The Labute approximate surface area is 141 Å². The van der Waals surface area contributed by atoms with Crippen LogP contribution >= 0.6 is 27.5 Å². The summed E-state index contributed by atoms with van der Waals surface area (Å²) in [5, 5.41) is 0.598. The van der Waals surface area contributed by atoms with Crippen LogP contribution in [-0.4, -0.2) is 5.78 Å². The first kappa shape index (κ1) is 19.9. The van der Waals surface area contributed by atoms with E-state index in [0.717, 1.165) is 16.5 Å². The molecular formula is C18H22BrClO. The molecule has 3 heteroatoms. The predicted octanol–water partition coefficient (Wildman–Crippen LogP) is 6.39. The van der Waals surface area contributed by atoms with Crippen LogP contribution in [-0.2, 0) is 4.79 Å². The molecule has 0 N–H and O–H groups in total. The molecule has 0 amide bonds. The number of hydrogen-bond donors (Lipinski definition) is 0. The number of hydrogen-bond acceptors (Lipinski definition) is 1. The van der Waals surface area contributed by atoms with Crippen LogP contribution in [0.15, 0.2) is 69.3 Å². The minimum atomic E-state index is -0.0902. The van der Waals surface area contributed by atoms with Gasteiger partial charge in [-0.25, -0.2) is 0 Å². The Morgan fingerprint density at radius 3 is 2.33 bits per heavy atom. The fourth-order valence-corrected chi connectivity index (χ4v) is 2.08. The van der Waals surface area contributed by atoms with Gasteiger partial charge in [0.2, 0.25) is 0 Å². The molecule has 0 aromatic rings. The van der Waals surface area contributed by atoms with E-state index in [4.69, 9.17) is 11.6 Å². The summed E-state index contributed by atoms with van der Waals surface area (Å²) >= 11 is 9.34. The standard InChI is InChI=1S/C18H22BrClO/c1-6-9-15(19)12-14(5)18(21)17(13(4)7-2)11-10-16(20)8-3/h6,8-12H,5,7H2,1-4H3/b9-6-,11-10-,15-12+,16-8+,17-13-. The maximum absolute atomic E-state index is 12.5. The van der Waals surface area contributed by atoms with Crippen molar-refractivity contribution in [3.8, 4) is 0 Å². The van der Waals surface area contributed by atoms with Crippen molar-refractivity contribution < 1.29 is 4.79 Å². The predicted molar refractivity (Wildman–Crippen MR) is 97.7 cm³/mol. The number of carbonyl (C=O) groups excluding carboxylic acids is 1. The summed E-state index contributed by atoms with van der Waals surface area (Å²) < 4.78 is 0.812. The van der Waals surface area contributed by atoms with E-state index in [2.05, 4.69) is 22.5 Å². The minimum absolute atomic E-state index is 0.0902. The Kier molecular flexibility index (Phi) is 10.0. The van der Waals surface area contributed by atoms with Gasteiger partial charge in [0.15, 0.2) is 5.78 Å². The molecule has 0 aliphatic rings. The third kappa shape index (κ3) is 7.45. The van der Waals surface area contributed by atoms with Crippen LogP contribution in [0.3, 0.4) is 0 Å². The molecule has 0 saturated heterocycles. The number of carbonyl (C=O) groups is 1. The number of Topliss-reactive ketones (excluding diaryl/α,β-unsaturated/α-hetero) is 1. The molecule has 0 aromatic carbocycles. The van der Waals surface area contributed by atoms with Crippen molar-refractivity contribution in [1.29, 1.82) is 0 Å². The van der Waals surface area contributed by atoms with Gasteiger partial charge in [0.1, 0.15) is 0 Å². The van der Waals surface area contributed by atoms with E-state index < -0.39 is 0 Å². The topological polar surface area (TPSA) is 17.1 Å². The molecular weight excluding hydrogens is 348 g/mol. The van der Waals surface area contributed by atoms with Crippen molar-refractivity contribution in [2.75, 3.05) is 0 Å². The second-order valence-electron chi connectivity index (χ2n) is 4.44. The Morgan fingerprint density at radius 1 is 1.24 bits per heavy atom. The molecule has 0 heterocycles. The fraction of sp³-hybridized carbons (Fsp3) is 0.278. The average molecular weight is 370 g/mol. The molecule has 0 saturated carbocycles. The highest BCUT2D eigenvalue weighted by atomic mass is 79.9. The quantitative estimate of drug-likeness (QED) is 0.375. The van der Waals surface area contributed by atoms with Crippen LogP contribution in [0.5, 0.6) is 0 Å². The summed E-state index contributed by atoms with van der Waals surface area (Å²) in [5.41, 5.74) is 2.08. The van der Waals surface area contributed by atoms with E-state index in [1.165, 1.54) is 0 Å². The molecule has 0 rings (SSSR count). The molecule has 0 aliphatic heterocycles. The Balaban J connectivity index is 5.49. The van der Waals surface area contributed by atoms with Gasteiger partial charge in [0.05, 0.1) is 0 Å².